The average Bonchev–Trinajstić information content (AvgIpc) is 1.95. The van der Waals surface area contributed by atoms with Crippen LogP contribution in [-0.2, 0) is 0 Å². The fourth-order valence-corrected chi connectivity index (χ4v) is 0.724. The maximum atomic E-state index is 8.19. The third-order valence-corrected chi connectivity index (χ3v) is 1.30. The summed E-state index contributed by atoms with van der Waals surface area (Å²) < 4.78 is 0. The molecule has 50 valence electrons. The molecule has 2 nitrogen and oxygen atoms in total. The van der Waals surface area contributed by atoms with Crippen molar-refractivity contribution < 1.29 is 0 Å². The molecular weight excluding hydrogens is 148 g/mol. The molecule has 0 unspecified atom stereocenters. The summed E-state index contributed by atoms with van der Waals surface area (Å²) in [4.78, 5) is 0. The number of hydrogen-bond donors (Lipinski definition) is 1. The number of nitrogens with one attached hydrogen (secondary N) is 1. The second kappa shape index (κ2) is 3.09. The molecule has 0 saturated carbocycles. The molecule has 0 amide bonds. The van der Waals surface area contributed by atoms with E-state index in [0.717, 1.165) is 5.69 Å². The summed E-state index contributed by atoms with van der Waals surface area (Å²) in [5, 5.41) is 11.3. The van der Waals surface area contributed by atoms with E-state index in [0.29, 0.717) is 5.02 Å². The highest BCUT2D eigenvalue weighted by molar-refractivity contribution is 6.30. The van der Waals surface area contributed by atoms with Gasteiger partial charge in [0, 0.05) is 10.7 Å². The van der Waals surface area contributed by atoms with E-state index >= 15 is 0 Å². The smallest absolute Gasteiger partial charge is 0.181 e. The summed E-state index contributed by atoms with van der Waals surface area (Å²) in [6, 6.07) is 6.93. The highest BCUT2D eigenvalue weighted by atomic mass is 35.5. The second-order valence-corrected chi connectivity index (χ2v) is 2.18. The fraction of sp³-hybridized carbons (Fsp3) is 0. The van der Waals surface area contributed by atoms with Crippen molar-refractivity contribution in [2.75, 3.05) is 5.32 Å². The number of hydrogen-bond acceptors (Lipinski definition) is 2. The molecule has 0 atom stereocenters. The summed E-state index contributed by atoms with van der Waals surface area (Å²) in [6.07, 6.45) is 1.81. The van der Waals surface area contributed by atoms with Crippen LogP contribution >= 0.6 is 11.6 Å². The van der Waals surface area contributed by atoms with Crippen LogP contribution in [0.2, 0.25) is 5.02 Å². The molecule has 1 aromatic rings. The first-order valence-electron chi connectivity index (χ1n) is 2.73. The number of halogens is 1. The van der Waals surface area contributed by atoms with Crippen LogP contribution in [0.15, 0.2) is 24.3 Å². The Balaban J connectivity index is 2.81. The van der Waals surface area contributed by atoms with Crippen LogP contribution in [0.4, 0.5) is 5.69 Å². The zero-order valence-electron chi connectivity index (χ0n) is 5.13. The Morgan fingerprint density at radius 2 is 1.90 bits per heavy atom. The quantitative estimate of drug-likeness (QED) is 0.495. The van der Waals surface area contributed by atoms with E-state index in [1.54, 1.807) is 24.3 Å². The van der Waals surface area contributed by atoms with E-state index in [9.17, 15) is 0 Å². The van der Waals surface area contributed by atoms with Gasteiger partial charge in [0.1, 0.15) is 0 Å². The topological polar surface area (TPSA) is 35.8 Å². The lowest BCUT2D eigenvalue weighted by Crippen LogP contribution is -1.84. The molecule has 0 saturated heterocycles. The summed E-state index contributed by atoms with van der Waals surface area (Å²) in [5.41, 5.74) is 0.756. The van der Waals surface area contributed by atoms with Crippen LogP contribution in [0, 0.1) is 11.5 Å². The normalized spacial score (nSPS) is 8.40. The predicted molar refractivity (Wildman–Crippen MR) is 40.7 cm³/mol. The van der Waals surface area contributed by atoms with Gasteiger partial charge in [0.15, 0.2) is 6.19 Å². The third kappa shape index (κ3) is 1.64. The number of rotatable bonds is 1. The van der Waals surface area contributed by atoms with Crippen molar-refractivity contribution in [3.63, 3.8) is 0 Å². The highest BCUT2D eigenvalue weighted by Crippen LogP contribution is 2.12. The van der Waals surface area contributed by atoms with E-state index in [1.165, 1.54) is 0 Å². The van der Waals surface area contributed by atoms with Gasteiger partial charge in [-0.05, 0) is 24.3 Å². The van der Waals surface area contributed by atoms with Crippen molar-refractivity contribution in [3.05, 3.63) is 29.3 Å². The van der Waals surface area contributed by atoms with Gasteiger partial charge in [-0.1, -0.05) is 11.6 Å². The second-order valence-electron chi connectivity index (χ2n) is 1.74. The Morgan fingerprint density at radius 1 is 1.30 bits per heavy atom. The van der Waals surface area contributed by atoms with Crippen LogP contribution in [0.25, 0.3) is 0 Å². The van der Waals surface area contributed by atoms with E-state index in [2.05, 4.69) is 5.32 Å². The molecule has 0 bridgehead atoms. The Labute approximate surface area is 64.0 Å². The van der Waals surface area contributed by atoms with Crippen LogP contribution < -0.4 is 5.32 Å². The van der Waals surface area contributed by atoms with E-state index in [4.69, 9.17) is 16.9 Å². The first-order valence-corrected chi connectivity index (χ1v) is 3.11. The van der Waals surface area contributed by atoms with E-state index < -0.39 is 0 Å². The molecule has 0 aliphatic carbocycles. The molecule has 0 aliphatic rings. The van der Waals surface area contributed by atoms with Gasteiger partial charge in [-0.25, -0.2) is 0 Å². The maximum Gasteiger partial charge on any atom is 0.181 e. The Kier molecular flexibility index (Phi) is 2.14. The molecule has 0 spiro atoms. The number of nitriles is 1. The monoisotopic (exact) mass is 152 g/mol. The molecule has 0 fully saturated rings. The molecule has 10 heavy (non-hydrogen) atoms. The molecule has 0 heterocycles. The first-order chi connectivity index (χ1) is 4.83. The van der Waals surface area contributed by atoms with Gasteiger partial charge in [0.2, 0.25) is 0 Å². The third-order valence-electron chi connectivity index (χ3n) is 1.04. The van der Waals surface area contributed by atoms with Crippen LogP contribution in [0.3, 0.4) is 0 Å². The lowest BCUT2D eigenvalue weighted by molar-refractivity contribution is 1.47. The van der Waals surface area contributed by atoms with Gasteiger partial charge in [-0.15, -0.1) is 0 Å². The van der Waals surface area contributed by atoms with E-state index in [-0.39, 0.29) is 0 Å². The zero-order valence-corrected chi connectivity index (χ0v) is 5.89. The van der Waals surface area contributed by atoms with Crippen molar-refractivity contribution in [1.82, 2.24) is 0 Å². The number of anilines is 1. The van der Waals surface area contributed by atoms with Crippen LogP contribution in [0.1, 0.15) is 0 Å². The Hall–Kier alpha value is -1.20. The van der Waals surface area contributed by atoms with Gasteiger partial charge in [0.05, 0.1) is 0 Å². The lowest BCUT2D eigenvalue weighted by Gasteiger charge is -1.94. The lowest BCUT2D eigenvalue weighted by atomic mass is 10.3. The summed E-state index contributed by atoms with van der Waals surface area (Å²) in [5.74, 6) is 0. The summed E-state index contributed by atoms with van der Waals surface area (Å²) >= 11 is 5.60. The molecule has 0 aromatic heterocycles. The van der Waals surface area contributed by atoms with Gasteiger partial charge in [0.25, 0.3) is 0 Å². The molecule has 0 aliphatic heterocycles. The maximum absolute atomic E-state index is 8.19. The largest absolute Gasteiger partial charge is 0.293 e. The first kappa shape index (κ1) is 6.91. The predicted octanol–water partition coefficient (Wildman–Crippen LogP) is 2.23. The van der Waals surface area contributed by atoms with Crippen molar-refractivity contribution >= 4 is 17.3 Å². The van der Waals surface area contributed by atoms with Gasteiger partial charge in [-0.3, -0.25) is 5.32 Å². The zero-order chi connectivity index (χ0) is 7.40. The van der Waals surface area contributed by atoms with Gasteiger partial charge < -0.3 is 0 Å². The highest BCUT2D eigenvalue weighted by Gasteiger charge is 1.87. The molecule has 0 radical (unpaired) electrons. The molecule has 1 N–H and O–H groups in total. The Bertz CT molecular complexity index is 247. The van der Waals surface area contributed by atoms with Crippen molar-refractivity contribution in [2.24, 2.45) is 0 Å². The minimum atomic E-state index is 0.670. The van der Waals surface area contributed by atoms with Crippen molar-refractivity contribution in [2.45, 2.75) is 0 Å². The molecule has 3 heteroatoms. The van der Waals surface area contributed by atoms with Gasteiger partial charge in [-0.2, -0.15) is 5.26 Å². The number of benzene rings is 1. The number of nitrogens with zero attached hydrogens (tertiary/aromatic N) is 1. The molecular formula is C7H5ClN2. The Morgan fingerprint density at radius 3 is 2.40 bits per heavy atom. The average molecular weight is 153 g/mol. The van der Waals surface area contributed by atoms with Gasteiger partial charge >= 0.3 is 0 Å². The summed E-state index contributed by atoms with van der Waals surface area (Å²) in [6.45, 7) is 0. The standard InChI is InChI=1S/C7H5ClN2/c8-6-1-3-7(4-2-6)10-5-9/h1-4,10H. The molecule has 1 rings (SSSR count). The fourth-order valence-electron chi connectivity index (χ4n) is 0.598. The van der Waals surface area contributed by atoms with Crippen molar-refractivity contribution in [3.8, 4) is 6.19 Å². The summed E-state index contributed by atoms with van der Waals surface area (Å²) in [7, 11) is 0. The van der Waals surface area contributed by atoms with Crippen molar-refractivity contribution in [1.29, 1.82) is 5.26 Å². The van der Waals surface area contributed by atoms with Crippen LogP contribution in [-0.4, -0.2) is 0 Å². The minimum Gasteiger partial charge on any atom is -0.293 e. The SMILES string of the molecule is N#CNc1ccc(Cl)cc1. The van der Waals surface area contributed by atoms with Crippen LogP contribution in [0.5, 0.6) is 0 Å². The molecule has 1 aromatic carbocycles. The van der Waals surface area contributed by atoms with E-state index in [1.807, 2.05) is 6.19 Å². The minimum absolute atomic E-state index is 0.670.